The van der Waals surface area contributed by atoms with E-state index in [0.717, 1.165) is 5.69 Å². The van der Waals surface area contributed by atoms with Crippen LogP contribution in [0.2, 0.25) is 0 Å². The summed E-state index contributed by atoms with van der Waals surface area (Å²) in [6.45, 7) is 1.84. The van der Waals surface area contributed by atoms with Crippen molar-refractivity contribution < 1.29 is 4.79 Å². The minimum Gasteiger partial charge on any atom is -0.296 e. The molecule has 5 heteroatoms. The van der Waals surface area contributed by atoms with Gasteiger partial charge < -0.3 is 0 Å². The fourth-order valence-electron chi connectivity index (χ4n) is 1.04. The molecule has 2 rings (SSSR count). The molecule has 0 bridgehead atoms. The predicted octanol–water partition coefficient (Wildman–Crippen LogP) is 0.245. The van der Waals surface area contributed by atoms with Gasteiger partial charge in [0.15, 0.2) is 6.29 Å². The van der Waals surface area contributed by atoms with E-state index >= 15 is 0 Å². The molecule has 0 spiro atoms. The van der Waals surface area contributed by atoms with E-state index in [9.17, 15) is 4.79 Å². The number of aryl methyl sites for hydroxylation is 1. The highest BCUT2D eigenvalue weighted by molar-refractivity contribution is 5.72. The maximum absolute atomic E-state index is 10.4. The van der Waals surface area contributed by atoms with Gasteiger partial charge in [0, 0.05) is 5.69 Å². The van der Waals surface area contributed by atoms with Gasteiger partial charge in [-0.3, -0.25) is 4.79 Å². The summed E-state index contributed by atoms with van der Waals surface area (Å²) >= 11 is 0. The van der Waals surface area contributed by atoms with Gasteiger partial charge in [0.25, 0.3) is 5.78 Å². The van der Waals surface area contributed by atoms with Gasteiger partial charge in [-0.05, 0) is 13.0 Å². The Balaban J connectivity index is 2.83. The molecule has 2 aromatic heterocycles. The average Bonchev–Trinajstić information content (AvgIpc) is 2.52. The molecule has 0 radical (unpaired) electrons. The van der Waals surface area contributed by atoms with Crippen LogP contribution in [0.3, 0.4) is 0 Å². The lowest BCUT2D eigenvalue weighted by Gasteiger charge is -1.96. The van der Waals surface area contributed by atoms with Crippen molar-refractivity contribution in [2.75, 3.05) is 0 Å². The van der Waals surface area contributed by atoms with Crippen LogP contribution in [-0.2, 0) is 0 Å². The van der Waals surface area contributed by atoms with Crippen molar-refractivity contribution >= 4 is 12.1 Å². The Bertz CT molecular complexity index is 434. The Morgan fingerprint density at radius 2 is 2.42 bits per heavy atom. The van der Waals surface area contributed by atoms with Crippen LogP contribution in [-0.4, -0.2) is 25.9 Å². The van der Waals surface area contributed by atoms with Crippen molar-refractivity contribution in [3.63, 3.8) is 0 Å². The van der Waals surface area contributed by atoms with E-state index < -0.39 is 0 Å². The van der Waals surface area contributed by atoms with E-state index in [0.29, 0.717) is 17.8 Å². The summed E-state index contributed by atoms with van der Waals surface area (Å²) in [6.07, 6.45) is 2.10. The topological polar surface area (TPSA) is 60.2 Å². The average molecular weight is 162 g/mol. The fraction of sp³-hybridized carbons (Fsp3) is 0.143. The second kappa shape index (κ2) is 2.37. The van der Waals surface area contributed by atoms with E-state index in [1.54, 1.807) is 10.6 Å². The van der Waals surface area contributed by atoms with E-state index in [4.69, 9.17) is 0 Å². The normalized spacial score (nSPS) is 10.4. The summed E-state index contributed by atoms with van der Waals surface area (Å²) in [5, 5.41) is 3.92. The second-order valence-electron chi connectivity index (χ2n) is 2.41. The van der Waals surface area contributed by atoms with Crippen LogP contribution >= 0.6 is 0 Å². The number of aldehydes is 1. The van der Waals surface area contributed by atoms with Crippen LogP contribution < -0.4 is 0 Å². The number of hydrogen-bond donors (Lipinski definition) is 0. The number of carbonyl (C=O) groups is 1. The predicted molar refractivity (Wildman–Crippen MR) is 40.9 cm³/mol. The molecule has 0 amide bonds. The van der Waals surface area contributed by atoms with Crippen LogP contribution in [0.5, 0.6) is 0 Å². The maximum Gasteiger partial charge on any atom is 0.253 e. The van der Waals surface area contributed by atoms with E-state index in [1.165, 1.54) is 6.33 Å². The molecule has 0 saturated carbocycles. The Hall–Kier alpha value is -1.78. The first kappa shape index (κ1) is 6.90. The molecular weight excluding hydrogens is 156 g/mol. The molecular formula is C7H6N4O. The molecule has 2 heterocycles. The van der Waals surface area contributed by atoms with Crippen molar-refractivity contribution in [2.24, 2.45) is 0 Å². The lowest BCUT2D eigenvalue weighted by molar-refractivity contribution is 0.111. The minimum absolute atomic E-state index is 0.382. The first-order valence-electron chi connectivity index (χ1n) is 3.44. The summed E-state index contributed by atoms with van der Waals surface area (Å²) < 4.78 is 1.58. The Labute approximate surface area is 68.1 Å². The second-order valence-corrected chi connectivity index (χ2v) is 2.41. The number of aromatic nitrogens is 4. The molecule has 60 valence electrons. The van der Waals surface area contributed by atoms with Gasteiger partial charge in [-0.25, -0.2) is 9.50 Å². The first-order chi connectivity index (χ1) is 5.81. The number of hydrogen-bond acceptors (Lipinski definition) is 4. The highest BCUT2D eigenvalue weighted by atomic mass is 16.1. The van der Waals surface area contributed by atoms with Crippen LogP contribution in [0, 0.1) is 6.92 Å². The first-order valence-corrected chi connectivity index (χ1v) is 3.44. The smallest absolute Gasteiger partial charge is 0.253 e. The van der Waals surface area contributed by atoms with Gasteiger partial charge in [0.2, 0.25) is 0 Å². The van der Waals surface area contributed by atoms with Crippen molar-refractivity contribution in [2.45, 2.75) is 6.92 Å². The van der Waals surface area contributed by atoms with Crippen LogP contribution in [0.15, 0.2) is 12.4 Å². The zero-order valence-electron chi connectivity index (χ0n) is 6.43. The van der Waals surface area contributed by atoms with Crippen molar-refractivity contribution in [1.29, 1.82) is 0 Å². The molecule has 0 unspecified atom stereocenters. The minimum atomic E-state index is 0.382. The van der Waals surface area contributed by atoms with E-state index in [2.05, 4.69) is 15.1 Å². The van der Waals surface area contributed by atoms with Gasteiger partial charge in [0.05, 0.1) is 0 Å². The summed E-state index contributed by atoms with van der Waals surface area (Å²) in [4.78, 5) is 18.2. The fourth-order valence-corrected chi connectivity index (χ4v) is 1.04. The molecule has 0 fully saturated rings. The third-order valence-corrected chi connectivity index (χ3v) is 1.57. The molecule has 2 aromatic rings. The zero-order valence-corrected chi connectivity index (χ0v) is 6.43. The standard InChI is InChI=1S/C7H6N4O/c1-5-2-6(3-12)10-7-8-4-9-11(5)7/h2-4H,1H3. The maximum atomic E-state index is 10.4. The zero-order chi connectivity index (χ0) is 8.55. The molecule has 0 saturated heterocycles. The van der Waals surface area contributed by atoms with Gasteiger partial charge in [-0.15, -0.1) is 0 Å². The van der Waals surface area contributed by atoms with Crippen LogP contribution in [0.1, 0.15) is 16.2 Å². The van der Waals surface area contributed by atoms with Gasteiger partial charge in [-0.1, -0.05) is 0 Å². The molecule has 0 aliphatic carbocycles. The summed E-state index contributed by atoms with van der Waals surface area (Å²) in [5.41, 5.74) is 1.23. The lowest BCUT2D eigenvalue weighted by atomic mass is 10.3. The van der Waals surface area contributed by atoms with E-state index in [-0.39, 0.29) is 0 Å². The Morgan fingerprint density at radius 1 is 1.58 bits per heavy atom. The monoisotopic (exact) mass is 162 g/mol. The molecule has 12 heavy (non-hydrogen) atoms. The molecule has 0 atom stereocenters. The quantitative estimate of drug-likeness (QED) is 0.564. The largest absolute Gasteiger partial charge is 0.296 e. The SMILES string of the molecule is Cc1cc(C=O)nc2ncnn12. The van der Waals surface area contributed by atoms with Crippen molar-refractivity contribution in [1.82, 2.24) is 19.6 Å². The Morgan fingerprint density at radius 3 is 3.17 bits per heavy atom. The van der Waals surface area contributed by atoms with Crippen molar-refractivity contribution in [3.8, 4) is 0 Å². The highest BCUT2D eigenvalue weighted by Gasteiger charge is 2.01. The Kier molecular flexibility index (Phi) is 1.36. The third kappa shape index (κ3) is 0.868. The van der Waals surface area contributed by atoms with Crippen molar-refractivity contribution in [3.05, 3.63) is 23.8 Å². The number of rotatable bonds is 1. The van der Waals surface area contributed by atoms with Gasteiger partial charge in [-0.2, -0.15) is 10.1 Å². The summed E-state index contributed by atoms with van der Waals surface area (Å²) in [6, 6.07) is 1.66. The number of carbonyl (C=O) groups excluding carboxylic acids is 1. The van der Waals surface area contributed by atoms with Crippen LogP contribution in [0.25, 0.3) is 5.78 Å². The molecule has 0 aromatic carbocycles. The molecule has 0 aliphatic rings. The van der Waals surface area contributed by atoms with E-state index in [1.807, 2.05) is 6.92 Å². The number of nitrogens with zero attached hydrogens (tertiary/aromatic N) is 4. The lowest BCUT2D eigenvalue weighted by Crippen LogP contribution is -1.99. The third-order valence-electron chi connectivity index (χ3n) is 1.57. The summed E-state index contributed by atoms with van der Waals surface area (Å²) in [7, 11) is 0. The highest BCUT2D eigenvalue weighted by Crippen LogP contribution is 2.01. The molecule has 0 aliphatic heterocycles. The number of fused-ring (bicyclic) bond motifs is 1. The molecule has 0 N–H and O–H groups in total. The van der Waals surface area contributed by atoms with Crippen LogP contribution in [0.4, 0.5) is 0 Å². The van der Waals surface area contributed by atoms with Gasteiger partial charge >= 0.3 is 0 Å². The summed E-state index contributed by atoms with van der Waals surface area (Å²) in [5.74, 6) is 0.456. The molecule has 5 nitrogen and oxygen atoms in total. The van der Waals surface area contributed by atoms with Gasteiger partial charge in [0.1, 0.15) is 12.0 Å².